The molecule has 0 aliphatic carbocycles. The van der Waals surface area contributed by atoms with Crippen molar-refractivity contribution >= 4 is 0 Å². The second kappa shape index (κ2) is 13.0. The number of hydrogen-bond acceptors (Lipinski definition) is 6. The van der Waals surface area contributed by atoms with Crippen molar-refractivity contribution in [2.24, 2.45) is 5.92 Å². The molecule has 6 heteroatoms. The van der Waals surface area contributed by atoms with Gasteiger partial charge in [0.15, 0.2) is 0 Å². The molecule has 180 valence electrons. The molecule has 0 aliphatic heterocycles. The van der Waals surface area contributed by atoms with Crippen LogP contribution in [0.15, 0.2) is 36.4 Å². The van der Waals surface area contributed by atoms with Crippen LogP contribution in [0, 0.1) is 17.2 Å². The molecule has 0 aromatic heterocycles. The molecule has 0 heterocycles. The first kappa shape index (κ1) is 26.3. The number of ether oxygens (including phenoxy) is 4. The van der Waals surface area contributed by atoms with Crippen LogP contribution in [0.1, 0.15) is 44.2 Å². The maximum atomic E-state index is 10.2. The van der Waals surface area contributed by atoms with E-state index in [0.29, 0.717) is 11.5 Å². The van der Waals surface area contributed by atoms with Crippen molar-refractivity contribution in [3.63, 3.8) is 0 Å². The van der Waals surface area contributed by atoms with Gasteiger partial charge in [-0.1, -0.05) is 13.8 Å². The summed E-state index contributed by atoms with van der Waals surface area (Å²) >= 11 is 0. The van der Waals surface area contributed by atoms with E-state index in [1.807, 2.05) is 24.3 Å². The summed E-state index contributed by atoms with van der Waals surface area (Å²) in [6, 6.07) is 14.4. The third-order valence-electron chi connectivity index (χ3n) is 6.21. The Morgan fingerprint density at radius 2 is 1.27 bits per heavy atom. The van der Waals surface area contributed by atoms with Crippen LogP contribution in [-0.4, -0.2) is 41.5 Å². The van der Waals surface area contributed by atoms with Gasteiger partial charge in [-0.05, 0) is 80.1 Å². The van der Waals surface area contributed by atoms with Crippen molar-refractivity contribution in [2.45, 2.75) is 44.9 Å². The van der Waals surface area contributed by atoms with Gasteiger partial charge in [0.05, 0.1) is 39.9 Å². The molecule has 0 saturated heterocycles. The van der Waals surface area contributed by atoms with Gasteiger partial charge >= 0.3 is 0 Å². The van der Waals surface area contributed by atoms with Crippen molar-refractivity contribution < 1.29 is 18.9 Å². The predicted octanol–water partition coefficient (Wildman–Crippen LogP) is 5.14. The number of aryl methyl sites for hydroxylation is 1. The minimum absolute atomic E-state index is 0.155. The van der Waals surface area contributed by atoms with E-state index < -0.39 is 5.41 Å². The number of rotatable bonds is 14. The summed E-state index contributed by atoms with van der Waals surface area (Å²) in [7, 11) is 6.60. The van der Waals surface area contributed by atoms with Gasteiger partial charge < -0.3 is 24.3 Å². The van der Waals surface area contributed by atoms with E-state index >= 15 is 0 Å². The molecule has 0 unspecified atom stereocenters. The lowest BCUT2D eigenvalue weighted by Gasteiger charge is -2.32. The number of nitriles is 1. The number of nitrogens with one attached hydrogen (secondary N) is 1. The average molecular weight is 455 g/mol. The van der Waals surface area contributed by atoms with Gasteiger partial charge in [-0.3, -0.25) is 0 Å². The summed E-state index contributed by atoms with van der Waals surface area (Å²) in [5, 5.41) is 13.7. The largest absolute Gasteiger partial charge is 0.497 e. The quantitative estimate of drug-likeness (QED) is 0.399. The first-order valence-corrected chi connectivity index (χ1v) is 11.5. The molecule has 0 saturated carbocycles. The van der Waals surface area contributed by atoms with Crippen molar-refractivity contribution in [3.05, 3.63) is 47.5 Å². The molecule has 0 radical (unpaired) electrons. The minimum Gasteiger partial charge on any atom is -0.497 e. The number of benzene rings is 2. The summed E-state index contributed by atoms with van der Waals surface area (Å²) in [5.41, 5.74) is 1.55. The number of hydrogen-bond donors (Lipinski definition) is 1. The molecular weight excluding hydrogens is 416 g/mol. The molecule has 2 aromatic rings. The SMILES string of the molecule is COc1cc(CCCNCCC[C@@](C#N)(c2cc(OC)cc(OC)c2)C(C)C)cc(OC)c1. The molecular formula is C27H38N2O4. The minimum atomic E-state index is -0.597. The number of methoxy groups -OCH3 is 4. The normalized spacial score (nSPS) is 12.7. The summed E-state index contributed by atoms with van der Waals surface area (Å²) < 4.78 is 21.6. The van der Waals surface area contributed by atoms with Crippen molar-refractivity contribution in [2.75, 3.05) is 41.5 Å². The Morgan fingerprint density at radius 1 is 0.788 bits per heavy atom. The standard InChI is InChI=1S/C27H38N2O4/c1-20(2)27(19-28,22-15-25(32-5)18-26(16-22)33-6)10-8-12-29-11-7-9-21-13-23(30-3)17-24(14-21)31-4/h13-18,20,29H,7-12H2,1-6H3/t27-/m0/s1. The zero-order valence-corrected chi connectivity index (χ0v) is 20.9. The van der Waals surface area contributed by atoms with Crippen LogP contribution >= 0.6 is 0 Å². The van der Waals surface area contributed by atoms with Crippen LogP contribution in [0.2, 0.25) is 0 Å². The molecule has 0 aliphatic rings. The molecule has 0 bridgehead atoms. The van der Waals surface area contributed by atoms with Gasteiger partial charge in [0, 0.05) is 12.1 Å². The average Bonchev–Trinajstić information content (AvgIpc) is 2.84. The zero-order chi connectivity index (χ0) is 24.3. The number of nitrogens with zero attached hydrogens (tertiary/aromatic N) is 1. The molecule has 6 nitrogen and oxygen atoms in total. The second-order valence-electron chi connectivity index (χ2n) is 8.52. The van der Waals surface area contributed by atoms with E-state index in [4.69, 9.17) is 18.9 Å². The summed E-state index contributed by atoms with van der Waals surface area (Å²) in [6.45, 7) is 5.97. The van der Waals surface area contributed by atoms with Gasteiger partial charge in [-0.25, -0.2) is 0 Å². The highest BCUT2D eigenvalue weighted by Crippen LogP contribution is 2.39. The summed E-state index contributed by atoms with van der Waals surface area (Å²) in [6.07, 6.45) is 3.62. The molecule has 0 fully saturated rings. The lowest BCUT2D eigenvalue weighted by atomic mass is 9.69. The van der Waals surface area contributed by atoms with Crippen molar-refractivity contribution in [1.82, 2.24) is 5.32 Å². The van der Waals surface area contributed by atoms with Gasteiger partial charge in [0.1, 0.15) is 23.0 Å². The highest BCUT2D eigenvalue weighted by molar-refractivity contribution is 5.45. The zero-order valence-electron chi connectivity index (χ0n) is 20.9. The Balaban J connectivity index is 1.91. The van der Waals surface area contributed by atoms with Gasteiger partial charge in [0.2, 0.25) is 0 Å². The topological polar surface area (TPSA) is 72.7 Å². The maximum absolute atomic E-state index is 10.2. The van der Waals surface area contributed by atoms with Crippen molar-refractivity contribution in [1.29, 1.82) is 5.26 Å². The third kappa shape index (κ3) is 7.03. The lowest BCUT2D eigenvalue weighted by Crippen LogP contribution is -2.32. The second-order valence-corrected chi connectivity index (χ2v) is 8.52. The van der Waals surface area contributed by atoms with Crippen LogP contribution in [0.3, 0.4) is 0 Å². The van der Waals surface area contributed by atoms with Gasteiger partial charge in [-0.15, -0.1) is 0 Å². The molecule has 1 atom stereocenters. The van der Waals surface area contributed by atoms with Gasteiger partial charge in [-0.2, -0.15) is 5.26 Å². The maximum Gasteiger partial charge on any atom is 0.122 e. The Bertz CT molecular complexity index is 878. The molecule has 0 spiro atoms. The fraction of sp³-hybridized carbons (Fsp3) is 0.519. The van der Waals surface area contributed by atoms with E-state index in [1.165, 1.54) is 5.56 Å². The molecule has 2 rings (SSSR count). The van der Waals surface area contributed by atoms with Gasteiger partial charge in [0.25, 0.3) is 0 Å². The lowest BCUT2D eigenvalue weighted by molar-refractivity contribution is 0.348. The smallest absolute Gasteiger partial charge is 0.122 e. The molecule has 33 heavy (non-hydrogen) atoms. The van der Waals surface area contributed by atoms with Crippen LogP contribution in [0.25, 0.3) is 0 Å². The first-order valence-electron chi connectivity index (χ1n) is 11.5. The highest BCUT2D eigenvalue weighted by Gasteiger charge is 2.36. The van der Waals surface area contributed by atoms with Crippen LogP contribution in [-0.2, 0) is 11.8 Å². The fourth-order valence-electron chi connectivity index (χ4n) is 4.13. The monoisotopic (exact) mass is 454 g/mol. The Morgan fingerprint density at radius 3 is 1.73 bits per heavy atom. The van der Waals surface area contributed by atoms with Crippen LogP contribution < -0.4 is 24.3 Å². The van der Waals surface area contributed by atoms with Crippen LogP contribution in [0.5, 0.6) is 23.0 Å². The third-order valence-corrected chi connectivity index (χ3v) is 6.21. The van der Waals surface area contributed by atoms with Crippen LogP contribution in [0.4, 0.5) is 0 Å². The van der Waals surface area contributed by atoms with E-state index in [-0.39, 0.29) is 5.92 Å². The predicted molar refractivity (Wildman–Crippen MR) is 132 cm³/mol. The molecule has 2 aromatic carbocycles. The Hall–Kier alpha value is -2.91. The highest BCUT2D eigenvalue weighted by atomic mass is 16.5. The molecule has 1 N–H and O–H groups in total. The van der Waals surface area contributed by atoms with E-state index in [0.717, 1.165) is 55.8 Å². The van der Waals surface area contributed by atoms with E-state index in [1.54, 1.807) is 28.4 Å². The Labute approximate surface area is 198 Å². The first-order chi connectivity index (χ1) is 15.9. The Kier molecular flexibility index (Phi) is 10.3. The van der Waals surface area contributed by atoms with E-state index in [9.17, 15) is 5.26 Å². The van der Waals surface area contributed by atoms with Crippen molar-refractivity contribution in [3.8, 4) is 29.1 Å². The summed E-state index contributed by atoms with van der Waals surface area (Å²) in [4.78, 5) is 0. The summed E-state index contributed by atoms with van der Waals surface area (Å²) in [5.74, 6) is 3.19. The fourth-order valence-corrected chi connectivity index (χ4v) is 4.13. The molecule has 0 amide bonds. The van der Waals surface area contributed by atoms with E-state index in [2.05, 4.69) is 37.4 Å².